The molecule has 30 heavy (non-hydrogen) atoms. The predicted molar refractivity (Wildman–Crippen MR) is 111 cm³/mol. The molecule has 3 aromatic rings. The number of carbonyl (C=O) groups excluding carboxylic acids is 2. The maximum absolute atomic E-state index is 12.7. The number of rotatable bonds is 7. The number of hydrogen-bond donors (Lipinski definition) is 2. The summed E-state index contributed by atoms with van der Waals surface area (Å²) in [6.07, 6.45) is 2.53. The molecular weight excluding hydrogens is 416 g/mol. The molecule has 0 radical (unpaired) electrons. The molecule has 0 unspecified atom stereocenters. The number of para-hydroxylation sites is 1. The van der Waals surface area contributed by atoms with E-state index in [-0.39, 0.29) is 23.0 Å². The number of methoxy groups -OCH3 is 1. The Morgan fingerprint density at radius 2 is 2.00 bits per heavy atom. The van der Waals surface area contributed by atoms with Crippen LogP contribution in [0, 0.1) is 0 Å². The smallest absolute Gasteiger partial charge is 0.387 e. The fourth-order valence-electron chi connectivity index (χ4n) is 2.61. The van der Waals surface area contributed by atoms with E-state index in [4.69, 9.17) is 4.74 Å². The number of halogens is 2. The van der Waals surface area contributed by atoms with E-state index in [9.17, 15) is 18.4 Å². The molecule has 0 saturated carbocycles. The molecule has 1 heterocycles. The third-order valence-electron chi connectivity index (χ3n) is 3.79. The molecule has 2 aromatic carbocycles. The van der Waals surface area contributed by atoms with Crippen LogP contribution in [0.4, 0.5) is 19.6 Å². The minimum atomic E-state index is -3.03. The Hall–Kier alpha value is -3.53. The van der Waals surface area contributed by atoms with Crippen LogP contribution < -0.4 is 20.1 Å². The van der Waals surface area contributed by atoms with Gasteiger partial charge >= 0.3 is 6.61 Å². The van der Waals surface area contributed by atoms with Crippen LogP contribution in [0.15, 0.2) is 42.5 Å². The van der Waals surface area contributed by atoms with E-state index in [1.165, 1.54) is 49.7 Å². The Morgan fingerprint density at radius 1 is 1.20 bits per heavy atom. The van der Waals surface area contributed by atoms with E-state index < -0.39 is 12.5 Å². The number of nitrogens with one attached hydrogen (secondary N) is 2. The standard InChI is InChI=1S/C20H17F2N3O4S/c1-11(26)23-13-7-8-14-16(10-13)30-20(24-14)25-17(27)9-6-12-4-3-5-15(28-2)18(12)29-19(21)22/h3-10,19H,1-2H3,(H,23,26)(H,24,25,27)/b9-6+. The molecule has 0 bridgehead atoms. The van der Waals surface area contributed by atoms with Crippen molar-refractivity contribution in [1.29, 1.82) is 0 Å². The molecule has 7 nitrogen and oxygen atoms in total. The maximum Gasteiger partial charge on any atom is 0.387 e. The summed E-state index contributed by atoms with van der Waals surface area (Å²) >= 11 is 1.23. The van der Waals surface area contributed by atoms with Crippen molar-refractivity contribution in [2.24, 2.45) is 0 Å². The Labute approximate surface area is 174 Å². The molecule has 156 valence electrons. The number of alkyl halides is 2. The van der Waals surface area contributed by atoms with Gasteiger partial charge < -0.3 is 14.8 Å². The van der Waals surface area contributed by atoms with Gasteiger partial charge in [-0.3, -0.25) is 14.9 Å². The van der Waals surface area contributed by atoms with Gasteiger partial charge in [0, 0.05) is 24.3 Å². The normalized spacial score (nSPS) is 11.1. The van der Waals surface area contributed by atoms with Gasteiger partial charge in [-0.25, -0.2) is 4.98 Å². The lowest BCUT2D eigenvalue weighted by atomic mass is 10.1. The van der Waals surface area contributed by atoms with Crippen LogP contribution in [0.2, 0.25) is 0 Å². The van der Waals surface area contributed by atoms with Crippen LogP contribution in [0.25, 0.3) is 16.3 Å². The number of aromatic nitrogens is 1. The molecule has 2 amide bonds. The minimum Gasteiger partial charge on any atom is -0.493 e. The molecule has 1 aromatic heterocycles. The van der Waals surface area contributed by atoms with Gasteiger partial charge in [0.2, 0.25) is 11.8 Å². The summed E-state index contributed by atoms with van der Waals surface area (Å²) in [6, 6.07) is 9.78. The fourth-order valence-corrected chi connectivity index (χ4v) is 3.52. The second-order valence-corrected chi connectivity index (χ2v) is 6.99. The van der Waals surface area contributed by atoms with Gasteiger partial charge in [0.1, 0.15) is 0 Å². The third-order valence-corrected chi connectivity index (χ3v) is 4.72. The molecule has 0 atom stereocenters. The van der Waals surface area contributed by atoms with Crippen LogP contribution >= 0.6 is 11.3 Å². The first-order valence-electron chi connectivity index (χ1n) is 8.65. The summed E-state index contributed by atoms with van der Waals surface area (Å²) in [5, 5.41) is 5.66. The van der Waals surface area contributed by atoms with Crippen molar-refractivity contribution in [2.75, 3.05) is 17.7 Å². The zero-order chi connectivity index (χ0) is 21.7. The van der Waals surface area contributed by atoms with E-state index in [2.05, 4.69) is 20.4 Å². The van der Waals surface area contributed by atoms with Crippen molar-refractivity contribution in [3.8, 4) is 11.5 Å². The van der Waals surface area contributed by atoms with Crippen LogP contribution in [-0.2, 0) is 9.59 Å². The molecule has 0 saturated heterocycles. The Balaban J connectivity index is 1.75. The van der Waals surface area contributed by atoms with Gasteiger partial charge in [-0.1, -0.05) is 23.5 Å². The first-order valence-corrected chi connectivity index (χ1v) is 9.46. The molecule has 3 rings (SSSR count). The Bertz CT molecular complexity index is 1110. The highest BCUT2D eigenvalue weighted by molar-refractivity contribution is 7.22. The topological polar surface area (TPSA) is 89.5 Å². The number of thiazole rings is 1. The average molecular weight is 433 g/mol. The second-order valence-electron chi connectivity index (χ2n) is 5.96. The number of hydrogen-bond acceptors (Lipinski definition) is 6. The lowest BCUT2D eigenvalue weighted by Crippen LogP contribution is -2.08. The van der Waals surface area contributed by atoms with Crippen molar-refractivity contribution in [2.45, 2.75) is 13.5 Å². The van der Waals surface area contributed by atoms with Crippen LogP contribution in [-0.4, -0.2) is 30.5 Å². The van der Waals surface area contributed by atoms with E-state index in [0.29, 0.717) is 16.3 Å². The molecule has 10 heteroatoms. The van der Waals surface area contributed by atoms with Gasteiger partial charge in [0.15, 0.2) is 16.6 Å². The SMILES string of the molecule is COc1cccc(/C=C/C(=O)Nc2nc3ccc(NC(C)=O)cc3s2)c1OC(F)F. The zero-order valence-corrected chi connectivity index (χ0v) is 16.8. The van der Waals surface area contributed by atoms with Crippen molar-refractivity contribution in [3.05, 3.63) is 48.0 Å². The van der Waals surface area contributed by atoms with Gasteiger partial charge in [-0.2, -0.15) is 8.78 Å². The summed E-state index contributed by atoms with van der Waals surface area (Å²) in [6.45, 7) is -1.62. The van der Waals surface area contributed by atoms with Crippen LogP contribution in [0.1, 0.15) is 12.5 Å². The first-order chi connectivity index (χ1) is 14.4. The number of benzene rings is 2. The highest BCUT2D eigenvalue weighted by atomic mass is 32.1. The lowest BCUT2D eigenvalue weighted by Gasteiger charge is -2.12. The fraction of sp³-hybridized carbons (Fsp3) is 0.150. The molecule has 0 aliphatic carbocycles. The molecule has 0 aliphatic heterocycles. The van der Waals surface area contributed by atoms with Crippen molar-refractivity contribution in [3.63, 3.8) is 0 Å². The third kappa shape index (κ3) is 5.29. The van der Waals surface area contributed by atoms with Gasteiger partial charge in [0.05, 0.1) is 17.3 Å². The maximum atomic E-state index is 12.7. The van der Waals surface area contributed by atoms with Gasteiger partial charge in [-0.15, -0.1) is 0 Å². The molecule has 0 fully saturated rings. The number of carbonyl (C=O) groups is 2. The van der Waals surface area contributed by atoms with Crippen molar-refractivity contribution >= 4 is 50.3 Å². The predicted octanol–water partition coefficient (Wildman–Crippen LogP) is 4.52. The lowest BCUT2D eigenvalue weighted by molar-refractivity contribution is -0.114. The van der Waals surface area contributed by atoms with Crippen molar-refractivity contribution < 1.29 is 27.8 Å². The Morgan fingerprint density at radius 3 is 2.70 bits per heavy atom. The summed E-state index contributed by atoms with van der Waals surface area (Å²) in [5.41, 5.74) is 1.55. The number of anilines is 2. The summed E-state index contributed by atoms with van der Waals surface area (Å²) < 4.78 is 35.7. The second kappa shape index (κ2) is 9.31. The van der Waals surface area contributed by atoms with Crippen molar-refractivity contribution in [1.82, 2.24) is 4.98 Å². The summed E-state index contributed by atoms with van der Waals surface area (Å²) in [7, 11) is 1.33. The number of amides is 2. The highest BCUT2D eigenvalue weighted by Gasteiger charge is 2.14. The molecule has 0 spiro atoms. The number of nitrogens with zero attached hydrogens (tertiary/aromatic N) is 1. The quantitative estimate of drug-likeness (QED) is 0.535. The van der Waals surface area contributed by atoms with E-state index in [0.717, 1.165) is 4.70 Å². The van der Waals surface area contributed by atoms with Crippen LogP contribution in [0.5, 0.6) is 11.5 Å². The number of fused-ring (bicyclic) bond motifs is 1. The largest absolute Gasteiger partial charge is 0.493 e. The van der Waals surface area contributed by atoms with E-state index in [1.54, 1.807) is 24.3 Å². The van der Waals surface area contributed by atoms with Crippen LogP contribution in [0.3, 0.4) is 0 Å². The first kappa shape index (κ1) is 21.2. The molecule has 2 N–H and O–H groups in total. The molecule has 0 aliphatic rings. The minimum absolute atomic E-state index is 0.124. The summed E-state index contributed by atoms with van der Waals surface area (Å²) in [5.74, 6) is -0.726. The number of ether oxygens (including phenoxy) is 2. The zero-order valence-electron chi connectivity index (χ0n) is 15.9. The summed E-state index contributed by atoms with van der Waals surface area (Å²) in [4.78, 5) is 27.7. The highest BCUT2D eigenvalue weighted by Crippen LogP contribution is 2.33. The average Bonchev–Trinajstić information content (AvgIpc) is 3.07. The Kier molecular flexibility index (Phi) is 6.58. The van der Waals surface area contributed by atoms with E-state index >= 15 is 0 Å². The van der Waals surface area contributed by atoms with Gasteiger partial charge in [0.25, 0.3) is 0 Å². The van der Waals surface area contributed by atoms with E-state index in [1.807, 2.05) is 0 Å². The monoisotopic (exact) mass is 433 g/mol. The molecular formula is C20H17F2N3O4S. The van der Waals surface area contributed by atoms with Gasteiger partial charge in [-0.05, 0) is 30.3 Å².